The van der Waals surface area contributed by atoms with Gasteiger partial charge in [-0.05, 0) is 37.5 Å². The lowest BCUT2D eigenvalue weighted by atomic mass is 10.0. The monoisotopic (exact) mass is 270 g/mol. The smallest absolute Gasteiger partial charge is 0.123 e. The lowest BCUT2D eigenvalue weighted by Crippen LogP contribution is -2.10. The number of ether oxygens (including phenoxy) is 1. The highest BCUT2D eigenvalue weighted by Gasteiger charge is 2.40. The van der Waals surface area contributed by atoms with Gasteiger partial charge in [0.05, 0.1) is 12.7 Å². The van der Waals surface area contributed by atoms with Crippen LogP contribution in [0.25, 0.3) is 0 Å². The van der Waals surface area contributed by atoms with E-state index in [1.54, 1.807) is 7.11 Å². The van der Waals surface area contributed by atoms with E-state index >= 15 is 0 Å². The molecule has 1 fully saturated rings. The molecule has 1 aromatic rings. The molecule has 1 aromatic carbocycles. The van der Waals surface area contributed by atoms with Crippen LogP contribution in [0.5, 0.6) is 5.75 Å². The van der Waals surface area contributed by atoms with Crippen LogP contribution in [0.15, 0.2) is 16.6 Å². The van der Waals surface area contributed by atoms with E-state index in [-0.39, 0.29) is 0 Å². The van der Waals surface area contributed by atoms with Crippen molar-refractivity contribution in [2.45, 2.75) is 31.8 Å². The van der Waals surface area contributed by atoms with Gasteiger partial charge in [0.2, 0.25) is 0 Å². The summed E-state index contributed by atoms with van der Waals surface area (Å²) in [7, 11) is 1.67. The highest BCUT2D eigenvalue weighted by molar-refractivity contribution is 9.10. The van der Waals surface area contributed by atoms with Gasteiger partial charge in [0.15, 0.2) is 0 Å². The van der Waals surface area contributed by atoms with Crippen LogP contribution in [0.3, 0.4) is 0 Å². The quantitative estimate of drug-likeness (QED) is 0.916. The largest absolute Gasteiger partial charge is 0.496 e. The second-order valence-corrected chi connectivity index (χ2v) is 5.16. The Balaban J connectivity index is 2.28. The molecule has 0 amide bonds. The van der Waals surface area contributed by atoms with Gasteiger partial charge < -0.3 is 9.84 Å². The van der Waals surface area contributed by atoms with Crippen molar-refractivity contribution in [2.24, 2.45) is 0 Å². The third-order valence-corrected chi connectivity index (χ3v) is 3.76. The lowest BCUT2D eigenvalue weighted by molar-refractivity contribution is 0.151. The molecule has 0 bridgehead atoms. The molecule has 0 aromatic heterocycles. The van der Waals surface area contributed by atoms with E-state index in [2.05, 4.69) is 22.0 Å². The number of rotatable bonds is 3. The normalized spacial score (nSPS) is 17.6. The van der Waals surface area contributed by atoms with Crippen molar-refractivity contribution in [3.63, 3.8) is 0 Å². The zero-order chi connectivity index (χ0) is 11.1. The minimum atomic E-state index is -0.445. The minimum absolute atomic E-state index is 0.445. The predicted molar refractivity (Wildman–Crippen MR) is 63.3 cm³/mol. The third-order valence-electron chi connectivity index (χ3n) is 2.94. The molecule has 1 saturated carbocycles. The van der Waals surface area contributed by atoms with Gasteiger partial charge in [0, 0.05) is 16.5 Å². The van der Waals surface area contributed by atoms with Crippen molar-refractivity contribution < 1.29 is 9.84 Å². The first kappa shape index (κ1) is 11.0. The van der Waals surface area contributed by atoms with Gasteiger partial charge in [-0.2, -0.15) is 0 Å². The second-order valence-electron chi connectivity index (χ2n) is 4.31. The molecule has 1 aliphatic rings. The van der Waals surface area contributed by atoms with Gasteiger partial charge in [-0.15, -0.1) is 0 Å². The summed E-state index contributed by atoms with van der Waals surface area (Å²) < 4.78 is 6.33. The van der Waals surface area contributed by atoms with E-state index in [1.165, 1.54) is 0 Å². The van der Waals surface area contributed by atoms with Crippen LogP contribution in [-0.4, -0.2) is 17.8 Å². The fourth-order valence-electron chi connectivity index (χ4n) is 1.72. The van der Waals surface area contributed by atoms with Crippen molar-refractivity contribution in [3.8, 4) is 5.75 Å². The summed E-state index contributed by atoms with van der Waals surface area (Å²) in [6.45, 7) is 2.01. The molecule has 0 saturated heterocycles. The average Bonchev–Trinajstić information content (AvgIpc) is 2.89. The molecule has 0 aliphatic heterocycles. The predicted octanol–water partition coefficient (Wildman–Crippen LogP) is 2.83. The summed E-state index contributed by atoms with van der Waals surface area (Å²) in [4.78, 5) is 0. The summed E-state index contributed by atoms with van der Waals surface area (Å²) >= 11 is 3.50. The number of hydrogen-bond acceptors (Lipinski definition) is 2. The minimum Gasteiger partial charge on any atom is -0.496 e. The maximum atomic E-state index is 9.85. The fraction of sp³-hybridized carbons (Fsp3) is 0.500. The maximum absolute atomic E-state index is 9.85. The molecule has 0 radical (unpaired) electrons. The van der Waals surface area contributed by atoms with E-state index in [0.717, 1.165) is 40.6 Å². The molecule has 0 spiro atoms. The number of methoxy groups -OCH3 is 1. The molecule has 2 nitrogen and oxygen atoms in total. The lowest BCUT2D eigenvalue weighted by Gasteiger charge is -2.12. The maximum Gasteiger partial charge on any atom is 0.123 e. The van der Waals surface area contributed by atoms with Gasteiger partial charge in [-0.1, -0.05) is 15.9 Å². The topological polar surface area (TPSA) is 29.5 Å². The van der Waals surface area contributed by atoms with Crippen molar-refractivity contribution in [2.75, 3.05) is 7.11 Å². The summed E-state index contributed by atoms with van der Waals surface area (Å²) in [6.07, 6.45) is 2.56. The Bertz CT molecular complexity index is 383. The first-order valence-corrected chi connectivity index (χ1v) is 5.89. The van der Waals surface area contributed by atoms with Crippen LogP contribution in [0.4, 0.5) is 0 Å². The Morgan fingerprint density at radius 3 is 2.67 bits per heavy atom. The zero-order valence-electron chi connectivity index (χ0n) is 9.01. The van der Waals surface area contributed by atoms with Crippen molar-refractivity contribution in [1.82, 2.24) is 0 Å². The molecule has 82 valence electrons. The molecule has 0 unspecified atom stereocenters. The zero-order valence-corrected chi connectivity index (χ0v) is 10.6. The molecule has 0 heterocycles. The van der Waals surface area contributed by atoms with Gasteiger partial charge >= 0.3 is 0 Å². The Morgan fingerprint density at radius 2 is 2.13 bits per heavy atom. The highest BCUT2D eigenvalue weighted by Crippen LogP contribution is 2.39. The van der Waals surface area contributed by atoms with Crippen LogP contribution in [0.2, 0.25) is 0 Å². The average molecular weight is 271 g/mol. The van der Waals surface area contributed by atoms with Gasteiger partial charge in [-0.25, -0.2) is 0 Å². The first-order chi connectivity index (χ1) is 7.04. The van der Waals surface area contributed by atoms with Gasteiger partial charge in [0.1, 0.15) is 5.75 Å². The van der Waals surface area contributed by atoms with Crippen LogP contribution in [0.1, 0.15) is 24.0 Å². The Hall–Kier alpha value is -0.540. The Kier molecular flexibility index (Phi) is 2.77. The van der Waals surface area contributed by atoms with Crippen LogP contribution >= 0.6 is 15.9 Å². The van der Waals surface area contributed by atoms with Gasteiger partial charge in [0.25, 0.3) is 0 Å². The molecule has 0 atom stereocenters. The van der Waals surface area contributed by atoms with Gasteiger partial charge in [-0.3, -0.25) is 0 Å². The molecule has 15 heavy (non-hydrogen) atoms. The van der Waals surface area contributed by atoms with E-state index in [0.29, 0.717) is 0 Å². The molecule has 3 heteroatoms. The number of benzene rings is 1. The van der Waals surface area contributed by atoms with Crippen molar-refractivity contribution in [3.05, 3.63) is 27.7 Å². The molecule has 2 rings (SSSR count). The van der Waals surface area contributed by atoms with E-state index in [1.807, 2.05) is 13.0 Å². The SMILES string of the molecule is COc1cc(CC2(O)CC2)cc(Br)c1C. The van der Waals surface area contributed by atoms with E-state index < -0.39 is 5.60 Å². The molecule has 1 N–H and O–H groups in total. The van der Waals surface area contributed by atoms with Crippen LogP contribution < -0.4 is 4.74 Å². The third kappa shape index (κ3) is 2.34. The molecular weight excluding hydrogens is 256 g/mol. The highest BCUT2D eigenvalue weighted by atomic mass is 79.9. The first-order valence-electron chi connectivity index (χ1n) is 5.09. The standard InChI is InChI=1S/C12H15BrO2/c1-8-10(13)5-9(6-11(8)15-2)7-12(14)3-4-12/h5-6,14H,3-4,7H2,1-2H3. The summed E-state index contributed by atoms with van der Waals surface area (Å²) in [5, 5.41) is 9.85. The number of aliphatic hydroxyl groups is 1. The second kappa shape index (κ2) is 3.80. The Morgan fingerprint density at radius 1 is 1.47 bits per heavy atom. The molecule has 1 aliphatic carbocycles. The summed E-state index contributed by atoms with van der Waals surface area (Å²) in [5.74, 6) is 0.878. The van der Waals surface area contributed by atoms with E-state index in [4.69, 9.17) is 4.74 Å². The van der Waals surface area contributed by atoms with Crippen LogP contribution in [0, 0.1) is 6.92 Å². The summed E-state index contributed by atoms with van der Waals surface area (Å²) in [6, 6.07) is 4.07. The number of halogens is 1. The van der Waals surface area contributed by atoms with Crippen molar-refractivity contribution in [1.29, 1.82) is 0 Å². The molecular formula is C12H15BrO2. The summed E-state index contributed by atoms with van der Waals surface area (Å²) in [5.41, 5.74) is 1.79. The number of hydrogen-bond donors (Lipinski definition) is 1. The van der Waals surface area contributed by atoms with E-state index in [9.17, 15) is 5.11 Å². The Labute approximate surface area is 98.4 Å². The fourth-order valence-corrected chi connectivity index (χ4v) is 2.21. The van der Waals surface area contributed by atoms with Crippen molar-refractivity contribution >= 4 is 15.9 Å². The van der Waals surface area contributed by atoms with Crippen LogP contribution in [-0.2, 0) is 6.42 Å².